The SMILES string of the molecule is CCNC(=NCC(F)F)N(C)Cc1ncc(-c2ccccc2)[nH]1.I. The third kappa shape index (κ3) is 6.06. The number of H-pyrrole nitrogens is 1. The van der Waals surface area contributed by atoms with Crippen molar-refractivity contribution in [3.63, 3.8) is 0 Å². The van der Waals surface area contributed by atoms with E-state index >= 15 is 0 Å². The molecule has 0 unspecified atom stereocenters. The first-order chi connectivity index (χ1) is 11.1. The lowest BCUT2D eigenvalue weighted by molar-refractivity contribution is 0.158. The van der Waals surface area contributed by atoms with E-state index in [1.807, 2.05) is 37.3 Å². The van der Waals surface area contributed by atoms with Crippen molar-refractivity contribution in [3.05, 3.63) is 42.4 Å². The van der Waals surface area contributed by atoms with Gasteiger partial charge >= 0.3 is 0 Å². The molecule has 0 saturated heterocycles. The summed E-state index contributed by atoms with van der Waals surface area (Å²) in [5.41, 5.74) is 1.97. The molecule has 0 atom stereocenters. The van der Waals surface area contributed by atoms with Crippen molar-refractivity contribution in [1.82, 2.24) is 20.2 Å². The molecular formula is C16H22F2IN5. The number of hydrogen-bond donors (Lipinski definition) is 2. The number of hydrogen-bond acceptors (Lipinski definition) is 2. The molecule has 0 spiro atoms. The van der Waals surface area contributed by atoms with Crippen LogP contribution in [0.1, 0.15) is 12.7 Å². The van der Waals surface area contributed by atoms with Crippen LogP contribution in [0.3, 0.4) is 0 Å². The average Bonchev–Trinajstić information content (AvgIpc) is 3.00. The number of alkyl halides is 2. The van der Waals surface area contributed by atoms with E-state index in [2.05, 4.69) is 20.3 Å². The maximum atomic E-state index is 12.3. The smallest absolute Gasteiger partial charge is 0.257 e. The summed E-state index contributed by atoms with van der Waals surface area (Å²) in [6.07, 6.45) is -0.688. The molecule has 0 amide bonds. The highest BCUT2D eigenvalue weighted by Gasteiger charge is 2.11. The molecule has 0 aliphatic carbocycles. The maximum Gasteiger partial charge on any atom is 0.257 e. The molecule has 0 aliphatic heterocycles. The predicted octanol–water partition coefficient (Wildman–Crippen LogP) is 3.36. The fraction of sp³-hybridized carbons (Fsp3) is 0.375. The third-order valence-corrected chi connectivity index (χ3v) is 3.18. The lowest BCUT2D eigenvalue weighted by Crippen LogP contribution is -2.39. The van der Waals surface area contributed by atoms with Gasteiger partial charge in [0.15, 0.2) is 5.96 Å². The van der Waals surface area contributed by atoms with Crippen molar-refractivity contribution in [3.8, 4) is 11.3 Å². The quantitative estimate of drug-likeness (QED) is 0.404. The van der Waals surface area contributed by atoms with Gasteiger partial charge in [0.25, 0.3) is 6.43 Å². The second-order valence-electron chi connectivity index (χ2n) is 5.05. The molecule has 5 nitrogen and oxygen atoms in total. The molecule has 2 rings (SSSR count). The minimum absolute atomic E-state index is 0. The maximum absolute atomic E-state index is 12.3. The minimum atomic E-state index is -2.45. The molecule has 1 heterocycles. The van der Waals surface area contributed by atoms with Crippen LogP contribution in [0.5, 0.6) is 0 Å². The Morgan fingerprint density at radius 3 is 2.67 bits per heavy atom. The summed E-state index contributed by atoms with van der Waals surface area (Å²) in [6.45, 7) is 2.44. The van der Waals surface area contributed by atoms with Gasteiger partial charge in [-0.1, -0.05) is 30.3 Å². The van der Waals surface area contributed by atoms with Gasteiger partial charge in [-0.15, -0.1) is 24.0 Å². The van der Waals surface area contributed by atoms with Crippen molar-refractivity contribution in [2.75, 3.05) is 20.1 Å². The van der Waals surface area contributed by atoms with Crippen LogP contribution in [0.2, 0.25) is 0 Å². The topological polar surface area (TPSA) is 56.3 Å². The normalized spacial score (nSPS) is 11.3. The van der Waals surface area contributed by atoms with E-state index in [1.54, 1.807) is 18.1 Å². The van der Waals surface area contributed by atoms with E-state index in [0.29, 0.717) is 19.0 Å². The zero-order valence-electron chi connectivity index (χ0n) is 13.7. The monoisotopic (exact) mass is 449 g/mol. The first-order valence-electron chi connectivity index (χ1n) is 7.47. The van der Waals surface area contributed by atoms with Gasteiger partial charge in [-0.2, -0.15) is 0 Å². The van der Waals surface area contributed by atoms with Crippen LogP contribution in [-0.2, 0) is 6.54 Å². The molecule has 1 aromatic carbocycles. The van der Waals surface area contributed by atoms with Crippen molar-refractivity contribution >= 4 is 29.9 Å². The van der Waals surface area contributed by atoms with Gasteiger partial charge in [0, 0.05) is 13.6 Å². The number of aromatic nitrogens is 2. The van der Waals surface area contributed by atoms with Crippen LogP contribution >= 0.6 is 24.0 Å². The standard InChI is InChI=1S/C16H21F2N5.HI/c1-3-19-16(21-10-14(17)18)23(2)11-15-20-9-13(22-15)12-7-5-4-6-8-12;/h4-9,14H,3,10-11H2,1-2H3,(H,19,21)(H,20,22);1H. The van der Waals surface area contributed by atoms with Gasteiger partial charge in [0.2, 0.25) is 0 Å². The number of imidazole rings is 1. The molecule has 2 N–H and O–H groups in total. The molecule has 2 aromatic rings. The van der Waals surface area contributed by atoms with Crippen LogP contribution in [-0.4, -0.2) is 47.4 Å². The van der Waals surface area contributed by atoms with Crippen molar-refractivity contribution < 1.29 is 8.78 Å². The molecule has 0 fully saturated rings. The zero-order valence-corrected chi connectivity index (χ0v) is 16.0. The Balaban J connectivity index is 0.00000288. The van der Waals surface area contributed by atoms with Gasteiger partial charge in [-0.25, -0.2) is 18.8 Å². The number of aromatic amines is 1. The molecule has 0 bridgehead atoms. The molecule has 24 heavy (non-hydrogen) atoms. The van der Waals surface area contributed by atoms with E-state index < -0.39 is 13.0 Å². The van der Waals surface area contributed by atoms with Crippen LogP contribution < -0.4 is 5.32 Å². The van der Waals surface area contributed by atoms with E-state index in [1.165, 1.54) is 0 Å². The van der Waals surface area contributed by atoms with Gasteiger partial charge in [-0.3, -0.25) is 0 Å². The molecule has 0 saturated carbocycles. The lowest BCUT2D eigenvalue weighted by atomic mass is 10.2. The molecule has 132 valence electrons. The number of benzene rings is 1. The highest BCUT2D eigenvalue weighted by molar-refractivity contribution is 14.0. The first-order valence-corrected chi connectivity index (χ1v) is 7.47. The summed E-state index contributed by atoms with van der Waals surface area (Å²) in [6, 6.07) is 9.87. The van der Waals surface area contributed by atoms with Gasteiger partial charge < -0.3 is 15.2 Å². The molecule has 0 aliphatic rings. The number of nitrogens with one attached hydrogen (secondary N) is 2. The Labute approximate surface area is 157 Å². The first kappa shape index (κ1) is 20.3. The fourth-order valence-corrected chi connectivity index (χ4v) is 2.13. The van der Waals surface area contributed by atoms with E-state index in [-0.39, 0.29) is 24.0 Å². The molecule has 8 heteroatoms. The molecule has 0 radical (unpaired) electrons. The summed E-state index contributed by atoms with van der Waals surface area (Å²) in [4.78, 5) is 13.3. The molecule has 1 aromatic heterocycles. The second kappa shape index (κ2) is 10.2. The highest BCUT2D eigenvalue weighted by Crippen LogP contribution is 2.16. The van der Waals surface area contributed by atoms with Crippen molar-refractivity contribution in [1.29, 1.82) is 0 Å². The average molecular weight is 449 g/mol. The lowest BCUT2D eigenvalue weighted by Gasteiger charge is -2.20. The van der Waals surface area contributed by atoms with E-state index in [0.717, 1.165) is 17.1 Å². The number of guanidine groups is 1. The van der Waals surface area contributed by atoms with Gasteiger partial charge in [-0.05, 0) is 12.5 Å². The number of aliphatic imine (C=N–C) groups is 1. The number of rotatable bonds is 6. The largest absolute Gasteiger partial charge is 0.357 e. The van der Waals surface area contributed by atoms with Gasteiger partial charge in [0.05, 0.1) is 18.4 Å². The van der Waals surface area contributed by atoms with E-state index in [4.69, 9.17) is 0 Å². The Morgan fingerprint density at radius 1 is 1.33 bits per heavy atom. The summed E-state index contributed by atoms with van der Waals surface area (Å²) in [5, 5.41) is 3.00. The summed E-state index contributed by atoms with van der Waals surface area (Å²) in [7, 11) is 1.79. The summed E-state index contributed by atoms with van der Waals surface area (Å²) < 4.78 is 24.7. The van der Waals surface area contributed by atoms with Crippen LogP contribution in [0, 0.1) is 0 Å². The Kier molecular flexibility index (Phi) is 8.66. The summed E-state index contributed by atoms with van der Waals surface area (Å²) >= 11 is 0. The summed E-state index contributed by atoms with van der Waals surface area (Å²) in [5.74, 6) is 1.18. The predicted molar refractivity (Wildman–Crippen MR) is 103 cm³/mol. The van der Waals surface area contributed by atoms with Crippen molar-refractivity contribution in [2.24, 2.45) is 4.99 Å². The van der Waals surface area contributed by atoms with Crippen LogP contribution in [0.25, 0.3) is 11.3 Å². The van der Waals surface area contributed by atoms with Crippen molar-refractivity contribution in [2.45, 2.75) is 19.9 Å². The number of nitrogens with zero attached hydrogens (tertiary/aromatic N) is 3. The Morgan fingerprint density at radius 2 is 2.04 bits per heavy atom. The highest BCUT2D eigenvalue weighted by atomic mass is 127. The van der Waals surface area contributed by atoms with Crippen LogP contribution in [0.4, 0.5) is 8.78 Å². The van der Waals surface area contributed by atoms with E-state index in [9.17, 15) is 8.78 Å². The van der Waals surface area contributed by atoms with Gasteiger partial charge in [0.1, 0.15) is 12.4 Å². The molecular weight excluding hydrogens is 427 g/mol. The fourth-order valence-electron chi connectivity index (χ4n) is 2.13. The Bertz CT molecular complexity index is 630. The Hall–Kier alpha value is -1.71. The van der Waals surface area contributed by atoms with Crippen LogP contribution in [0.15, 0.2) is 41.5 Å². The minimum Gasteiger partial charge on any atom is -0.357 e. The number of halogens is 3. The zero-order chi connectivity index (χ0) is 16.7. The second-order valence-corrected chi connectivity index (χ2v) is 5.05. The third-order valence-electron chi connectivity index (χ3n) is 3.18.